The second-order valence-corrected chi connectivity index (χ2v) is 7.19. The van der Waals surface area contributed by atoms with Gasteiger partial charge in [0.05, 0.1) is 12.3 Å². The standard InChI is InChI=1S/C17H27N3O/c1-2-21-12-15-9-19(7-13-3-4-13)11-17-16(15)10-20(18-17)8-14-5-6-14/h10,13-15H,2-9,11-12H2,1H3/t15-/m1/s1. The van der Waals surface area contributed by atoms with E-state index in [0.29, 0.717) is 5.92 Å². The SMILES string of the molecule is CCOC[C@H]1CN(CC2CC2)Cc2nn(CC3CC3)cc21. The van der Waals surface area contributed by atoms with Crippen LogP contribution in [-0.2, 0) is 17.8 Å². The van der Waals surface area contributed by atoms with E-state index in [1.165, 1.54) is 43.5 Å². The van der Waals surface area contributed by atoms with Crippen LogP contribution in [0.2, 0.25) is 0 Å². The van der Waals surface area contributed by atoms with E-state index < -0.39 is 0 Å². The van der Waals surface area contributed by atoms with Gasteiger partial charge in [0, 0.05) is 50.5 Å². The summed E-state index contributed by atoms with van der Waals surface area (Å²) in [6, 6.07) is 0. The van der Waals surface area contributed by atoms with Gasteiger partial charge in [-0.05, 0) is 44.4 Å². The monoisotopic (exact) mass is 289 g/mol. The minimum absolute atomic E-state index is 0.514. The molecule has 0 N–H and O–H groups in total. The summed E-state index contributed by atoms with van der Waals surface area (Å²) >= 11 is 0. The Morgan fingerprint density at radius 1 is 1.19 bits per heavy atom. The maximum atomic E-state index is 5.74. The van der Waals surface area contributed by atoms with E-state index in [0.717, 1.165) is 44.7 Å². The maximum absolute atomic E-state index is 5.74. The topological polar surface area (TPSA) is 30.3 Å². The van der Waals surface area contributed by atoms with Crippen molar-refractivity contribution >= 4 is 0 Å². The molecule has 3 aliphatic rings. The van der Waals surface area contributed by atoms with Crippen LogP contribution in [-0.4, -0.2) is 41.0 Å². The highest BCUT2D eigenvalue weighted by Gasteiger charge is 2.32. The molecule has 2 heterocycles. The summed E-state index contributed by atoms with van der Waals surface area (Å²) < 4.78 is 7.95. The molecular weight excluding hydrogens is 262 g/mol. The fraction of sp³-hybridized carbons (Fsp3) is 0.824. The lowest BCUT2D eigenvalue weighted by atomic mass is 9.95. The van der Waals surface area contributed by atoms with Crippen molar-refractivity contribution < 1.29 is 4.74 Å². The van der Waals surface area contributed by atoms with Crippen molar-refractivity contribution in [2.45, 2.75) is 51.6 Å². The first-order chi connectivity index (χ1) is 10.3. The molecule has 0 unspecified atom stereocenters. The fourth-order valence-electron chi connectivity index (χ4n) is 3.49. The van der Waals surface area contributed by atoms with Crippen LogP contribution in [0.3, 0.4) is 0 Å². The summed E-state index contributed by atoms with van der Waals surface area (Å²) in [5.41, 5.74) is 2.77. The van der Waals surface area contributed by atoms with Crippen LogP contribution in [0.15, 0.2) is 6.20 Å². The maximum Gasteiger partial charge on any atom is 0.0800 e. The lowest BCUT2D eigenvalue weighted by Gasteiger charge is -2.31. The fourth-order valence-corrected chi connectivity index (χ4v) is 3.49. The van der Waals surface area contributed by atoms with E-state index in [1.807, 2.05) is 0 Å². The van der Waals surface area contributed by atoms with Gasteiger partial charge < -0.3 is 4.74 Å². The molecule has 2 saturated carbocycles. The molecule has 0 radical (unpaired) electrons. The van der Waals surface area contributed by atoms with Crippen LogP contribution >= 0.6 is 0 Å². The van der Waals surface area contributed by atoms with E-state index in [2.05, 4.69) is 22.7 Å². The van der Waals surface area contributed by atoms with E-state index >= 15 is 0 Å². The highest BCUT2D eigenvalue weighted by molar-refractivity contribution is 5.25. The molecule has 1 aliphatic heterocycles. The van der Waals surface area contributed by atoms with Gasteiger partial charge in [0.2, 0.25) is 0 Å². The minimum atomic E-state index is 0.514. The second-order valence-electron chi connectivity index (χ2n) is 7.19. The number of hydrogen-bond donors (Lipinski definition) is 0. The molecule has 1 atom stereocenters. The molecule has 0 amide bonds. The Morgan fingerprint density at radius 2 is 1.95 bits per heavy atom. The van der Waals surface area contributed by atoms with Gasteiger partial charge in [-0.1, -0.05) is 0 Å². The molecule has 21 heavy (non-hydrogen) atoms. The Morgan fingerprint density at radius 3 is 2.67 bits per heavy atom. The van der Waals surface area contributed by atoms with Crippen LogP contribution in [0, 0.1) is 11.8 Å². The van der Waals surface area contributed by atoms with E-state index in [4.69, 9.17) is 9.84 Å². The second kappa shape index (κ2) is 5.73. The first-order valence-electron chi connectivity index (χ1n) is 8.68. The van der Waals surface area contributed by atoms with Crippen molar-refractivity contribution in [2.75, 3.05) is 26.3 Å². The van der Waals surface area contributed by atoms with Gasteiger partial charge in [0.1, 0.15) is 0 Å². The van der Waals surface area contributed by atoms with E-state index in [1.54, 1.807) is 0 Å². The van der Waals surface area contributed by atoms with Crippen LogP contribution in [0.4, 0.5) is 0 Å². The summed E-state index contributed by atoms with van der Waals surface area (Å²) in [4.78, 5) is 2.61. The van der Waals surface area contributed by atoms with Gasteiger partial charge in [0.25, 0.3) is 0 Å². The molecule has 1 aromatic heterocycles. The third kappa shape index (κ3) is 3.32. The quantitative estimate of drug-likeness (QED) is 0.773. The predicted molar refractivity (Wildman–Crippen MR) is 82.2 cm³/mol. The zero-order valence-corrected chi connectivity index (χ0v) is 13.1. The summed E-state index contributed by atoms with van der Waals surface area (Å²) in [6.45, 7) is 8.33. The first-order valence-corrected chi connectivity index (χ1v) is 8.68. The third-order valence-corrected chi connectivity index (χ3v) is 5.04. The zero-order valence-electron chi connectivity index (χ0n) is 13.1. The average molecular weight is 289 g/mol. The molecule has 2 fully saturated rings. The van der Waals surface area contributed by atoms with Crippen molar-refractivity contribution in [1.29, 1.82) is 0 Å². The molecule has 4 nitrogen and oxygen atoms in total. The molecule has 4 rings (SSSR count). The van der Waals surface area contributed by atoms with Crippen LogP contribution in [0.25, 0.3) is 0 Å². The van der Waals surface area contributed by atoms with Gasteiger partial charge in [-0.15, -0.1) is 0 Å². The summed E-state index contributed by atoms with van der Waals surface area (Å²) in [6.07, 6.45) is 7.94. The van der Waals surface area contributed by atoms with Crippen molar-refractivity contribution in [3.63, 3.8) is 0 Å². The molecule has 116 valence electrons. The third-order valence-electron chi connectivity index (χ3n) is 5.04. The number of nitrogens with zero attached hydrogens (tertiary/aromatic N) is 3. The van der Waals surface area contributed by atoms with Gasteiger partial charge >= 0.3 is 0 Å². The van der Waals surface area contributed by atoms with Gasteiger partial charge in [-0.25, -0.2) is 0 Å². The Kier molecular flexibility index (Phi) is 3.76. The molecular formula is C17H27N3O. The van der Waals surface area contributed by atoms with Crippen molar-refractivity contribution in [3.8, 4) is 0 Å². The Labute approximate surface area is 127 Å². The molecule has 0 bridgehead atoms. The van der Waals surface area contributed by atoms with Gasteiger partial charge in [0.15, 0.2) is 0 Å². The highest BCUT2D eigenvalue weighted by Crippen LogP contribution is 2.35. The molecule has 0 aromatic carbocycles. The molecule has 0 spiro atoms. The van der Waals surface area contributed by atoms with Crippen LogP contribution in [0.5, 0.6) is 0 Å². The summed E-state index contributed by atoms with van der Waals surface area (Å²) in [7, 11) is 0. The Bertz CT molecular complexity index is 490. The zero-order chi connectivity index (χ0) is 14.2. The Balaban J connectivity index is 1.50. The van der Waals surface area contributed by atoms with Crippen molar-refractivity contribution in [3.05, 3.63) is 17.5 Å². The lowest BCUT2D eigenvalue weighted by molar-refractivity contribution is 0.105. The van der Waals surface area contributed by atoms with Crippen molar-refractivity contribution in [2.24, 2.45) is 11.8 Å². The summed E-state index contributed by atoms with van der Waals surface area (Å²) in [5.74, 6) is 2.35. The van der Waals surface area contributed by atoms with Gasteiger partial charge in [-0.3, -0.25) is 9.58 Å². The summed E-state index contributed by atoms with van der Waals surface area (Å²) in [5, 5.41) is 4.89. The first kappa shape index (κ1) is 13.8. The van der Waals surface area contributed by atoms with Gasteiger partial charge in [-0.2, -0.15) is 5.10 Å². The molecule has 2 aliphatic carbocycles. The number of ether oxygens (including phenoxy) is 1. The largest absolute Gasteiger partial charge is 0.381 e. The number of aromatic nitrogens is 2. The van der Waals surface area contributed by atoms with Crippen molar-refractivity contribution in [1.82, 2.24) is 14.7 Å². The molecule has 1 aromatic rings. The predicted octanol–water partition coefficient (Wildman–Crippen LogP) is 2.64. The van der Waals surface area contributed by atoms with Crippen LogP contribution < -0.4 is 0 Å². The Hall–Kier alpha value is -0.870. The van der Waals surface area contributed by atoms with Crippen LogP contribution in [0.1, 0.15) is 49.8 Å². The van der Waals surface area contributed by atoms with E-state index in [-0.39, 0.29) is 0 Å². The normalized spacial score (nSPS) is 26.0. The average Bonchev–Trinajstić information content (AvgIpc) is 3.37. The number of fused-ring (bicyclic) bond motifs is 1. The lowest BCUT2D eigenvalue weighted by Crippen LogP contribution is -2.36. The highest BCUT2D eigenvalue weighted by atomic mass is 16.5. The van der Waals surface area contributed by atoms with E-state index in [9.17, 15) is 0 Å². The molecule has 4 heteroatoms. The smallest absolute Gasteiger partial charge is 0.0800 e. The number of hydrogen-bond acceptors (Lipinski definition) is 3. The minimum Gasteiger partial charge on any atom is -0.381 e. The molecule has 0 saturated heterocycles. The number of rotatable bonds is 7.